The van der Waals surface area contributed by atoms with E-state index in [1.165, 1.54) is 26.2 Å². The van der Waals surface area contributed by atoms with Crippen molar-refractivity contribution in [3.8, 4) is 11.5 Å². The van der Waals surface area contributed by atoms with Gasteiger partial charge in [-0.2, -0.15) is 0 Å². The van der Waals surface area contributed by atoms with E-state index in [-0.39, 0.29) is 12.0 Å². The van der Waals surface area contributed by atoms with Crippen LogP contribution in [0.5, 0.6) is 11.5 Å². The molecule has 0 unspecified atom stereocenters. The summed E-state index contributed by atoms with van der Waals surface area (Å²) in [6.45, 7) is 8.77. The summed E-state index contributed by atoms with van der Waals surface area (Å²) in [7, 11) is -2.23. The quantitative estimate of drug-likeness (QED) is 0.0270. The summed E-state index contributed by atoms with van der Waals surface area (Å²) >= 11 is 0. The monoisotopic (exact) mass is 860 g/mol. The average Bonchev–Trinajstić information content (AvgIpc) is 3.32. The van der Waals surface area contributed by atoms with Gasteiger partial charge in [0.25, 0.3) is 0 Å². The lowest BCUT2D eigenvalue weighted by Gasteiger charge is -2.37. The number of nitrogens with zero attached hydrogens (tertiary/aromatic N) is 2. The van der Waals surface area contributed by atoms with Crippen LogP contribution >= 0.6 is 0 Å². The third-order valence-corrected chi connectivity index (χ3v) is 9.82. The van der Waals surface area contributed by atoms with Crippen LogP contribution in [0.15, 0.2) is 188 Å². The van der Waals surface area contributed by atoms with E-state index in [4.69, 9.17) is 23.8 Å². The van der Waals surface area contributed by atoms with Crippen molar-refractivity contribution in [1.29, 1.82) is 0 Å². The normalized spacial score (nSPS) is 10.5. The van der Waals surface area contributed by atoms with E-state index in [2.05, 4.69) is 36.4 Å². The molecule has 328 valence electrons. The molecular weight excluding hydrogens is 807 g/mol. The van der Waals surface area contributed by atoms with Gasteiger partial charge in [0.05, 0.1) is 7.32 Å². The average molecular weight is 861 g/mol. The Kier molecular flexibility index (Phi) is 18.8. The van der Waals surface area contributed by atoms with Gasteiger partial charge in [0.1, 0.15) is 11.5 Å². The molecule has 12 heteroatoms. The summed E-state index contributed by atoms with van der Waals surface area (Å²) < 4.78 is 18.2. The zero-order valence-corrected chi connectivity index (χ0v) is 36.6. The molecule has 11 nitrogen and oxygen atoms in total. The van der Waals surface area contributed by atoms with E-state index in [1.54, 1.807) is 73.1 Å². The molecule has 7 aromatic rings. The summed E-state index contributed by atoms with van der Waals surface area (Å²) in [5.74, 6) is 0.140. The summed E-state index contributed by atoms with van der Waals surface area (Å²) in [5, 5.41) is 21.4. The maximum Gasteiger partial charge on any atom is 0.414 e. The Bertz CT molecular complexity index is 2250. The Morgan fingerprint density at radius 2 is 0.875 bits per heavy atom. The molecule has 7 rings (SSSR count). The third-order valence-electron chi connectivity index (χ3n) is 9.82. The van der Waals surface area contributed by atoms with Gasteiger partial charge in [-0.05, 0) is 93.6 Å². The van der Waals surface area contributed by atoms with Crippen LogP contribution in [0.2, 0.25) is 0 Å². The van der Waals surface area contributed by atoms with Crippen LogP contribution in [0.25, 0.3) is 0 Å². The molecule has 0 fully saturated rings. The van der Waals surface area contributed by atoms with E-state index in [0.29, 0.717) is 42.5 Å². The molecule has 0 saturated heterocycles. The number of hydrogen-bond donors (Lipinski definition) is 0. The van der Waals surface area contributed by atoms with Crippen LogP contribution in [-0.4, -0.2) is 39.1 Å². The predicted molar refractivity (Wildman–Crippen MR) is 240 cm³/mol. The maximum atomic E-state index is 12.1. The first-order valence-electron chi connectivity index (χ1n) is 21.1. The molecule has 0 radical (unpaired) electrons. The molecule has 0 amide bonds. The summed E-state index contributed by atoms with van der Waals surface area (Å²) in [4.78, 5) is 34.8. The summed E-state index contributed by atoms with van der Waals surface area (Å²) in [6.07, 6.45) is 4.70. The molecule has 0 bridgehead atoms. The Hall–Kier alpha value is -7.12. The van der Waals surface area contributed by atoms with Crippen LogP contribution in [0.3, 0.4) is 0 Å². The minimum absolute atomic E-state index is 0.159. The SMILES string of the molecule is CCO[n+]1ccccc1C(=O)Oc1ccc(C)cc1.CCO[n+]1ccccc1C(=O)Oc1ccc(C)cc1.[O-]B([O-])OCCCC(c1ccccc1)(c1ccccc1)c1ccccc1. The Labute approximate surface area is 375 Å². The lowest BCUT2D eigenvalue weighted by molar-refractivity contribution is -0.892. The molecule has 0 aliphatic rings. The molecular formula is C52H53BN2O9. The van der Waals surface area contributed by atoms with Crippen LogP contribution in [0.4, 0.5) is 0 Å². The van der Waals surface area contributed by atoms with Crippen molar-refractivity contribution >= 4 is 19.3 Å². The first kappa shape index (κ1) is 47.9. The standard InChI is InChI=1S/C22H21BO3.2C15H16NO3/c24-23(25)26-18-10-17-22(19-11-4-1-5-12-19,20-13-6-2-7-14-20)21-15-8-3-9-16-21;2*1-3-18-16-11-5-4-6-14(16)15(17)19-13-9-7-12(2)8-10-13/h1-9,11-16H,10,17-18H2;2*4-11H,3H2,1-2H3/q-2;2*+1. The molecule has 0 N–H and O–H groups in total. The minimum Gasteiger partial charge on any atom is -0.871 e. The van der Waals surface area contributed by atoms with Crippen molar-refractivity contribution in [3.63, 3.8) is 0 Å². The van der Waals surface area contributed by atoms with E-state index in [0.717, 1.165) is 17.5 Å². The number of ether oxygens (including phenoxy) is 2. The van der Waals surface area contributed by atoms with Gasteiger partial charge in [-0.3, -0.25) is 9.68 Å². The van der Waals surface area contributed by atoms with Gasteiger partial charge >= 0.3 is 23.3 Å². The van der Waals surface area contributed by atoms with Crippen molar-refractivity contribution in [2.75, 3.05) is 19.8 Å². The molecule has 0 aliphatic carbocycles. The zero-order chi connectivity index (χ0) is 45.6. The van der Waals surface area contributed by atoms with Gasteiger partial charge in [0.2, 0.25) is 12.4 Å². The van der Waals surface area contributed by atoms with Crippen LogP contribution in [-0.2, 0) is 10.1 Å². The molecule has 0 atom stereocenters. The fraction of sp³-hybridized carbons (Fsp3) is 0.192. The second kappa shape index (κ2) is 25.1. The Morgan fingerprint density at radius 1 is 0.516 bits per heavy atom. The molecule has 0 spiro atoms. The maximum absolute atomic E-state index is 12.1. The van der Waals surface area contributed by atoms with Crippen molar-refractivity contribution < 1.29 is 52.9 Å². The van der Waals surface area contributed by atoms with Crippen molar-refractivity contribution in [3.05, 3.63) is 228 Å². The highest BCUT2D eigenvalue weighted by Crippen LogP contribution is 2.43. The number of hydrogen-bond acceptors (Lipinski definition) is 9. The number of carbonyl (C=O) groups excluding carboxylic acids is 2. The lowest BCUT2D eigenvalue weighted by Crippen LogP contribution is -2.48. The van der Waals surface area contributed by atoms with E-state index in [1.807, 2.05) is 107 Å². The number of aromatic nitrogens is 2. The zero-order valence-electron chi connectivity index (χ0n) is 36.6. The van der Waals surface area contributed by atoms with Crippen LogP contribution in [0.1, 0.15) is 75.5 Å². The smallest absolute Gasteiger partial charge is 0.414 e. The lowest BCUT2D eigenvalue weighted by atomic mass is 9.67. The van der Waals surface area contributed by atoms with E-state index in [9.17, 15) is 19.6 Å². The molecule has 0 aliphatic heterocycles. The van der Waals surface area contributed by atoms with E-state index < -0.39 is 19.3 Å². The molecule has 2 aromatic heterocycles. The first-order valence-corrected chi connectivity index (χ1v) is 21.1. The third kappa shape index (κ3) is 13.9. The topological polar surface area (TPSA) is 134 Å². The van der Waals surface area contributed by atoms with Crippen molar-refractivity contribution in [2.45, 2.75) is 46.0 Å². The van der Waals surface area contributed by atoms with Crippen LogP contribution < -0.4 is 38.7 Å². The summed E-state index contributed by atoms with van der Waals surface area (Å²) in [5.41, 5.74) is 6.10. The van der Waals surface area contributed by atoms with Crippen molar-refractivity contribution in [2.24, 2.45) is 0 Å². The highest BCUT2D eigenvalue weighted by Gasteiger charge is 2.35. The highest BCUT2D eigenvalue weighted by atomic mass is 16.7. The second-order valence-electron chi connectivity index (χ2n) is 14.3. The Morgan fingerprint density at radius 3 is 1.22 bits per heavy atom. The second-order valence-corrected chi connectivity index (χ2v) is 14.3. The number of rotatable bonds is 16. The van der Waals surface area contributed by atoms with Gasteiger partial charge in [-0.15, -0.1) is 0 Å². The fourth-order valence-electron chi connectivity index (χ4n) is 6.83. The first-order chi connectivity index (χ1) is 31.1. The summed E-state index contributed by atoms with van der Waals surface area (Å²) in [6, 6.07) is 56.1. The number of carbonyl (C=O) groups is 2. The largest absolute Gasteiger partial charge is 0.871 e. The van der Waals surface area contributed by atoms with Gasteiger partial charge in [-0.1, -0.05) is 126 Å². The van der Waals surface area contributed by atoms with Gasteiger partial charge in [0.15, 0.2) is 13.2 Å². The predicted octanol–water partition coefficient (Wildman–Crippen LogP) is 6.42. The number of esters is 2. The van der Waals surface area contributed by atoms with Gasteiger partial charge in [-0.25, -0.2) is 9.59 Å². The van der Waals surface area contributed by atoms with Gasteiger partial charge < -0.3 is 24.2 Å². The van der Waals surface area contributed by atoms with E-state index >= 15 is 0 Å². The number of pyridine rings is 2. The number of benzene rings is 5. The molecule has 64 heavy (non-hydrogen) atoms. The number of aryl methyl sites for hydroxylation is 2. The highest BCUT2D eigenvalue weighted by molar-refractivity contribution is 6.28. The fourth-order valence-corrected chi connectivity index (χ4v) is 6.83. The minimum atomic E-state index is -2.23. The Balaban J connectivity index is 0.000000184. The van der Waals surface area contributed by atoms with Crippen molar-refractivity contribution in [1.82, 2.24) is 0 Å². The molecule has 2 heterocycles. The molecule has 5 aromatic carbocycles. The van der Waals surface area contributed by atoms with Crippen LogP contribution in [0, 0.1) is 13.8 Å². The molecule has 0 saturated carbocycles. The van der Waals surface area contributed by atoms with Gasteiger partial charge in [0, 0.05) is 45.7 Å².